The molecule has 0 unspecified atom stereocenters. The van der Waals surface area contributed by atoms with Gasteiger partial charge in [-0.15, -0.1) is 5.10 Å². The summed E-state index contributed by atoms with van der Waals surface area (Å²) in [4.78, 5) is 2.54. The highest BCUT2D eigenvalue weighted by molar-refractivity contribution is 4.99. The second-order valence-electron chi connectivity index (χ2n) is 5.64. The highest BCUT2D eigenvalue weighted by atomic mass is 15.4. The van der Waals surface area contributed by atoms with Crippen LogP contribution in [-0.2, 0) is 0 Å². The summed E-state index contributed by atoms with van der Waals surface area (Å²) in [7, 11) is 0. The van der Waals surface area contributed by atoms with Crippen molar-refractivity contribution in [2.24, 2.45) is 0 Å². The van der Waals surface area contributed by atoms with Crippen LogP contribution in [0, 0.1) is 0 Å². The third-order valence-electron chi connectivity index (χ3n) is 3.72. The van der Waals surface area contributed by atoms with Crippen LogP contribution in [0.5, 0.6) is 0 Å². The summed E-state index contributed by atoms with van der Waals surface area (Å²) in [5, 5.41) is 8.52. The second-order valence-corrected chi connectivity index (χ2v) is 5.64. The molecule has 1 aromatic heterocycles. The molecule has 0 atom stereocenters. The van der Waals surface area contributed by atoms with Crippen molar-refractivity contribution >= 4 is 0 Å². The van der Waals surface area contributed by atoms with Gasteiger partial charge in [-0.2, -0.15) is 0 Å². The molecule has 0 saturated carbocycles. The highest BCUT2D eigenvalue weighted by Gasteiger charge is 2.23. The third-order valence-corrected chi connectivity index (χ3v) is 3.72. The average molecular weight is 236 g/mol. The van der Waals surface area contributed by atoms with E-state index in [2.05, 4.69) is 53.8 Å². The van der Waals surface area contributed by atoms with Crippen molar-refractivity contribution in [3.05, 3.63) is 11.9 Å². The molecule has 96 valence electrons. The molecule has 1 saturated heterocycles. The molecule has 2 rings (SSSR count). The maximum absolute atomic E-state index is 4.28. The lowest BCUT2D eigenvalue weighted by atomic mass is 10.0. The van der Waals surface area contributed by atoms with E-state index in [4.69, 9.17) is 0 Å². The van der Waals surface area contributed by atoms with Crippen molar-refractivity contribution in [3.63, 3.8) is 0 Å². The van der Waals surface area contributed by atoms with E-state index in [0.717, 1.165) is 5.69 Å². The summed E-state index contributed by atoms with van der Waals surface area (Å²) >= 11 is 0. The number of piperidine rings is 1. The van der Waals surface area contributed by atoms with Crippen molar-refractivity contribution in [1.82, 2.24) is 19.9 Å². The molecule has 0 N–H and O–H groups in total. The van der Waals surface area contributed by atoms with E-state index in [0.29, 0.717) is 18.0 Å². The summed E-state index contributed by atoms with van der Waals surface area (Å²) in [6.07, 6.45) is 4.51. The molecule has 0 bridgehead atoms. The van der Waals surface area contributed by atoms with Gasteiger partial charge in [0.15, 0.2) is 0 Å². The number of rotatable bonds is 3. The Bertz CT molecular complexity index is 348. The smallest absolute Gasteiger partial charge is 0.0852 e. The van der Waals surface area contributed by atoms with Gasteiger partial charge in [-0.3, -0.25) is 0 Å². The Morgan fingerprint density at radius 2 is 1.82 bits per heavy atom. The van der Waals surface area contributed by atoms with E-state index in [9.17, 15) is 0 Å². The normalized spacial score (nSPS) is 19.4. The minimum atomic E-state index is 0.472. The minimum Gasteiger partial charge on any atom is -0.301 e. The van der Waals surface area contributed by atoms with E-state index in [-0.39, 0.29) is 0 Å². The maximum Gasteiger partial charge on any atom is 0.0852 e. The fourth-order valence-electron chi connectivity index (χ4n) is 2.40. The van der Waals surface area contributed by atoms with Gasteiger partial charge in [0.25, 0.3) is 0 Å². The van der Waals surface area contributed by atoms with Gasteiger partial charge in [-0.1, -0.05) is 19.1 Å². The molecule has 17 heavy (non-hydrogen) atoms. The van der Waals surface area contributed by atoms with Gasteiger partial charge < -0.3 is 4.90 Å². The van der Waals surface area contributed by atoms with Gasteiger partial charge in [-0.25, -0.2) is 4.68 Å². The Labute approximate surface area is 104 Å². The first-order valence-electron chi connectivity index (χ1n) is 6.73. The number of likely N-dealkylation sites (tertiary alicyclic amines) is 1. The quantitative estimate of drug-likeness (QED) is 0.808. The van der Waals surface area contributed by atoms with E-state index < -0.39 is 0 Å². The van der Waals surface area contributed by atoms with Crippen molar-refractivity contribution in [2.75, 3.05) is 13.1 Å². The van der Waals surface area contributed by atoms with Crippen LogP contribution >= 0.6 is 0 Å². The number of nitrogens with zero attached hydrogens (tertiary/aromatic N) is 4. The Kier molecular flexibility index (Phi) is 3.82. The standard InChI is InChI=1S/C13H24N4/c1-10(2)13-9-17(15-14-13)12-5-7-16(8-6-12)11(3)4/h9-12H,5-8H2,1-4H3. The topological polar surface area (TPSA) is 34.0 Å². The van der Waals surface area contributed by atoms with Gasteiger partial charge in [0.05, 0.1) is 11.7 Å². The minimum absolute atomic E-state index is 0.472. The first-order valence-corrected chi connectivity index (χ1v) is 6.73. The molecule has 0 aliphatic carbocycles. The number of hydrogen-bond acceptors (Lipinski definition) is 3. The average Bonchev–Trinajstić information content (AvgIpc) is 2.78. The molecule has 1 aliphatic rings. The Morgan fingerprint density at radius 1 is 1.18 bits per heavy atom. The Morgan fingerprint density at radius 3 is 2.29 bits per heavy atom. The molecular formula is C13H24N4. The summed E-state index contributed by atoms with van der Waals surface area (Å²) in [6.45, 7) is 11.2. The lowest BCUT2D eigenvalue weighted by molar-refractivity contribution is 0.146. The molecule has 0 amide bonds. The first kappa shape index (κ1) is 12.6. The molecule has 0 aromatic carbocycles. The molecule has 4 nitrogen and oxygen atoms in total. The fraction of sp³-hybridized carbons (Fsp3) is 0.846. The summed E-state index contributed by atoms with van der Waals surface area (Å²) < 4.78 is 2.08. The Hall–Kier alpha value is -0.900. The maximum atomic E-state index is 4.28. The van der Waals surface area contributed by atoms with Gasteiger partial charge in [-0.05, 0) is 32.6 Å². The lowest BCUT2D eigenvalue weighted by Gasteiger charge is -2.34. The van der Waals surface area contributed by atoms with E-state index >= 15 is 0 Å². The molecular weight excluding hydrogens is 212 g/mol. The molecule has 1 aliphatic heterocycles. The summed E-state index contributed by atoms with van der Waals surface area (Å²) in [6, 6.07) is 1.21. The largest absolute Gasteiger partial charge is 0.301 e. The van der Waals surface area contributed by atoms with Gasteiger partial charge >= 0.3 is 0 Å². The van der Waals surface area contributed by atoms with Gasteiger partial charge in [0.1, 0.15) is 0 Å². The molecule has 1 fully saturated rings. The zero-order chi connectivity index (χ0) is 12.4. The predicted molar refractivity (Wildman–Crippen MR) is 69.1 cm³/mol. The first-order chi connectivity index (χ1) is 8.08. The predicted octanol–water partition coefficient (Wildman–Crippen LogP) is 2.45. The fourth-order valence-corrected chi connectivity index (χ4v) is 2.40. The molecule has 2 heterocycles. The SMILES string of the molecule is CC(C)c1cn(C2CCN(C(C)C)CC2)nn1. The second kappa shape index (κ2) is 5.17. The number of aromatic nitrogens is 3. The third kappa shape index (κ3) is 2.86. The lowest BCUT2D eigenvalue weighted by Crippen LogP contribution is -2.39. The van der Waals surface area contributed by atoms with Crippen LogP contribution in [-0.4, -0.2) is 39.0 Å². The van der Waals surface area contributed by atoms with Crippen LogP contribution in [0.3, 0.4) is 0 Å². The summed E-state index contributed by atoms with van der Waals surface area (Å²) in [5.74, 6) is 0.472. The molecule has 0 radical (unpaired) electrons. The molecule has 4 heteroatoms. The van der Waals surface area contributed by atoms with Crippen molar-refractivity contribution < 1.29 is 0 Å². The summed E-state index contributed by atoms with van der Waals surface area (Å²) in [5.41, 5.74) is 1.11. The van der Waals surface area contributed by atoms with Crippen LogP contribution in [0.25, 0.3) is 0 Å². The van der Waals surface area contributed by atoms with E-state index in [1.54, 1.807) is 0 Å². The van der Waals surface area contributed by atoms with Crippen LogP contribution in [0.4, 0.5) is 0 Å². The zero-order valence-corrected chi connectivity index (χ0v) is 11.4. The molecule has 0 spiro atoms. The van der Waals surface area contributed by atoms with Crippen LogP contribution < -0.4 is 0 Å². The van der Waals surface area contributed by atoms with Crippen molar-refractivity contribution in [2.45, 2.75) is 58.5 Å². The van der Waals surface area contributed by atoms with Gasteiger partial charge in [0.2, 0.25) is 0 Å². The van der Waals surface area contributed by atoms with Crippen molar-refractivity contribution in [1.29, 1.82) is 0 Å². The van der Waals surface area contributed by atoms with Crippen LogP contribution in [0.1, 0.15) is 58.2 Å². The van der Waals surface area contributed by atoms with Crippen molar-refractivity contribution in [3.8, 4) is 0 Å². The number of hydrogen-bond donors (Lipinski definition) is 0. The monoisotopic (exact) mass is 236 g/mol. The highest BCUT2D eigenvalue weighted by Crippen LogP contribution is 2.23. The Balaban J connectivity index is 1.96. The molecule has 1 aromatic rings. The van der Waals surface area contributed by atoms with Gasteiger partial charge in [0, 0.05) is 25.3 Å². The van der Waals surface area contributed by atoms with Crippen LogP contribution in [0.2, 0.25) is 0 Å². The van der Waals surface area contributed by atoms with Crippen LogP contribution in [0.15, 0.2) is 6.20 Å². The zero-order valence-electron chi connectivity index (χ0n) is 11.4. The van der Waals surface area contributed by atoms with E-state index in [1.807, 2.05) is 0 Å². The van der Waals surface area contributed by atoms with E-state index in [1.165, 1.54) is 25.9 Å².